The fraction of sp³-hybridized carbons (Fsp3) is 0.500. The third-order valence-corrected chi connectivity index (χ3v) is 8.70. The molecule has 10 heteroatoms. The van der Waals surface area contributed by atoms with E-state index in [0.717, 1.165) is 24.0 Å². The molecule has 4 rings (SSSR count). The molecule has 1 amide bonds. The van der Waals surface area contributed by atoms with Gasteiger partial charge in [-0.1, -0.05) is 42.6 Å². The number of hydrogen-bond donors (Lipinski definition) is 0. The number of aromatic nitrogens is 1. The first-order chi connectivity index (χ1) is 18.9. The maximum Gasteiger partial charge on any atom is 0.416 e. The van der Waals surface area contributed by atoms with Gasteiger partial charge in [0.1, 0.15) is 5.69 Å². The summed E-state index contributed by atoms with van der Waals surface area (Å²) in [6.07, 6.45) is 3.21. The van der Waals surface area contributed by atoms with Crippen LogP contribution in [-0.4, -0.2) is 42.0 Å². The van der Waals surface area contributed by atoms with Crippen LogP contribution >= 0.6 is 23.2 Å². The van der Waals surface area contributed by atoms with E-state index in [1.54, 1.807) is 11.8 Å². The Balaban J connectivity index is 1.61. The number of carbonyl (C=O) groups is 2. The smallest absolute Gasteiger partial charge is 0.416 e. The summed E-state index contributed by atoms with van der Waals surface area (Å²) in [4.78, 5) is 30.9. The Kier molecular flexibility index (Phi) is 9.51. The van der Waals surface area contributed by atoms with Crippen LogP contribution < -0.4 is 0 Å². The Morgan fingerprint density at radius 1 is 1.18 bits per heavy atom. The largest absolute Gasteiger partial charge is 0.469 e. The third kappa shape index (κ3) is 6.49. The highest BCUT2D eigenvalue weighted by Crippen LogP contribution is 2.44. The van der Waals surface area contributed by atoms with E-state index in [1.807, 2.05) is 6.92 Å². The molecule has 1 saturated heterocycles. The minimum atomic E-state index is -4.43. The number of carbonyl (C=O) groups excluding carboxylic acids is 2. The number of halogens is 5. The van der Waals surface area contributed by atoms with E-state index in [4.69, 9.17) is 27.9 Å². The minimum Gasteiger partial charge on any atom is -0.469 e. The van der Waals surface area contributed by atoms with Crippen LogP contribution in [0.5, 0.6) is 0 Å². The summed E-state index contributed by atoms with van der Waals surface area (Å²) in [5.41, 5.74) is 2.84. The second-order valence-electron chi connectivity index (χ2n) is 10.6. The minimum absolute atomic E-state index is 0.00705. The number of pyridine rings is 1. The summed E-state index contributed by atoms with van der Waals surface area (Å²) in [5.74, 6) is -0.434. The lowest BCUT2D eigenvalue weighted by Crippen LogP contribution is -2.39. The molecule has 2 heterocycles. The van der Waals surface area contributed by atoms with Gasteiger partial charge in [0.25, 0.3) is 5.91 Å². The van der Waals surface area contributed by atoms with Crippen molar-refractivity contribution in [2.45, 2.75) is 70.9 Å². The van der Waals surface area contributed by atoms with Gasteiger partial charge in [-0.2, -0.15) is 13.2 Å². The molecule has 1 aromatic heterocycles. The Morgan fingerprint density at radius 3 is 2.50 bits per heavy atom. The fourth-order valence-electron chi connectivity index (χ4n) is 5.85. The van der Waals surface area contributed by atoms with Gasteiger partial charge in [0.15, 0.2) is 0 Å². The summed E-state index contributed by atoms with van der Waals surface area (Å²) in [5, 5.41) is 0.443. The summed E-state index contributed by atoms with van der Waals surface area (Å²) in [6.45, 7) is 4.66. The van der Waals surface area contributed by atoms with E-state index in [1.165, 1.54) is 25.4 Å². The first kappa shape index (κ1) is 30.4. The highest BCUT2D eigenvalue weighted by molar-refractivity contribution is 6.37. The topological polar surface area (TPSA) is 59.5 Å². The van der Waals surface area contributed by atoms with Gasteiger partial charge in [0.2, 0.25) is 0 Å². The molecule has 0 radical (unpaired) electrons. The number of likely N-dealkylation sites (tertiary alicyclic amines) is 1. The molecule has 1 aliphatic carbocycles. The lowest BCUT2D eigenvalue weighted by Gasteiger charge is -2.31. The lowest BCUT2D eigenvalue weighted by atomic mass is 9.76. The molecule has 1 aliphatic heterocycles. The number of nitrogens with zero attached hydrogens (tertiary/aromatic N) is 2. The number of hydrogen-bond acceptors (Lipinski definition) is 4. The number of piperidine rings is 1. The van der Waals surface area contributed by atoms with Crippen molar-refractivity contribution in [2.75, 3.05) is 20.2 Å². The standard InChI is InChI=1S/C30H33Cl2F3N2O3/c1-4-5-19-6-7-20(26-17(2)12-21(15-22(19)26)30(33,34)35)14-23-24(31)16-36-28(27(23)32)29(39)37-10-8-18(9-11-37)13-25(38)40-3/h7,12,15-16,18-19H,4-6,8-11,13-14H2,1-3H3/t19-/m0/s1. The molecule has 1 atom stereocenters. The van der Waals surface area contributed by atoms with Crippen LogP contribution in [0, 0.1) is 12.8 Å². The second-order valence-corrected chi connectivity index (χ2v) is 11.4. The maximum atomic E-state index is 13.7. The molecular formula is C30H33Cl2F3N2O3. The molecule has 1 aromatic carbocycles. The number of methoxy groups -OCH3 is 1. The Bertz CT molecular complexity index is 1320. The van der Waals surface area contributed by atoms with Crippen LogP contribution in [0.1, 0.15) is 89.7 Å². The molecule has 216 valence electrons. The monoisotopic (exact) mass is 596 g/mol. The summed E-state index contributed by atoms with van der Waals surface area (Å²) in [7, 11) is 1.36. The van der Waals surface area contributed by atoms with Crippen molar-refractivity contribution in [2.24, 2.45) is 5.92 Å². The zero-order valence-electron chi connectivity index (χ0n) is 22.8. The van der Waals surface area contributed by atoms with Gasteiger partial charge in [0, 0.05) is 32.1 Å². The lowest BCUT2D eigenvalue weighted by molar-refractivity contribution is -0.142. The molecule has 0 saturated carbocycles. The molecule has 5 nitrogen and oxygen atoms in total. The van der Waals surface area contributed by atoms with E-state index in [2.05, 4.69) is 11.1 Å². The van der Waals surface area contributed by atoms with Gasteiger partial charge < -0.3 is 9.64 Å². The van der Waals surface area contributed by atoms with Crippen LogP contribution in [-0.2, 0) is 22.1 Å². The molecule has 0 spiro atoms. The Morgan fingerprint density at radius 2 is 1.88 bits per heavy atom. The number of amides is 1. The molecule has 2 aromatic rings. The fourth-order valence-corrected chi connectivity index (χ4v) is 6.41. The second kappa shape index (κ2) is 12.5. The average Bonchev–Trinajstić information content (AvgIpc) is 2.91. The quantitative estimate of drug-likeness (QED) is 0.303. The van der Waals surface area contributed by atoms with E-state index in [-0.39, 0.29) is 40.8 Å². The van der Waals surface area contributed by atoms with E-state index >= 15 is 0 Å². The number of ether oxygens (including phenoxy) is 1. The van der Waals surface area contributed by atoms with Gasteiger partial charge >= 0.3 is 12.1 Å². The van der Waals surface area contributed by atoms with Crippen molar-refractivity contribution in [1.29, 1.82) is 0 Å². The van der Waals surface area contributed by atoms with Crippen LogP contribution in [0.4, 0.5) is 13.2 Å². The first-order valence-corrected chi connectivity index (χ1v) is 14.3. The summed E-state index contributed by atoms with van der Waals surface area (Å²) < 4.78 is 45.7. The SMILES string of the molecule is CCC[C@H]1CC=C(Cc2c(Cl)cnc(C(=O)N3CCC(CC(=O)OC)CC3)c2Cl)c2c(C)cc(C(F)(F)F)cc21. The molecule has 40 heavy (non-hydrogen) atoms. The highest BCUT2D eigenvalue weighted by atomic mass is 35.5. The summed E-state index contributed by atoms with van der Waals surface area (Å²) in [6, 6.07) is 2.47. The van der Waals surface area contributed by atoms with Crippen molar-refractivity contribution >= 4 is 40.7 Å². The normalized spacial score (nSPS) is 17.9. The number of fused-ring (bicyclic) bond motifs is 1. The van der Waals surface area contributed by atoms with Crippen LogP contribution in [0.25, 0.3) is 5.57 Å². The van der Waals surface area contributed by atoms with Crippen molar-refractivity contribution in [3.05, 3.63) is 68.0 Å². The molecular weight excluding hydrogens is 564 g/mol. The van der Waals surface area contributed by atoms with Crippen molar-refractivity contribution in [3.8, 4) is 0 Å². The maximum absolute atomic E-state index is 13.7. The third-order valence-electron chi connectivity index (χ3n) is 7.96. The number of allylic oxidation sites excluding steroid dienone is 2. The Hall–Kier alpha value is -2.58. The van der Waals surface area contributed by atoms with Crippen LogP contribution in [0.3, 0.4) is 0 Å². The number of alkyl halides is 3. The van der Waals surface area contributed by atoms with E-state index < -0.39 is 11.7 Å². The van der Waals surface area contributed by atoms with Gasteiger partial charge in [-0.15, -0.1) is 0 Å². The number of aryl methyl sites for hydroxylation is 1. The van der Waals surface area contributed by atoms with Crippen molar-refractivity contribution < 1.29 is 27.5 Å². The molecule has 0 N–H and O–H groups in total. The van der Waals surface area contributed by atoms with Gasteiger partial charge in [-0.3, -0.25) is 9.59 Å². The molecule has 2 aliphatic rings. The molecule has 1 fully saturated rings. The van der Waals surface area contributed by atoms with E-state index in [0.29, 0.717) is 60.5 Å². The van der Waals surface area contributed by atoms with Gasteiger partial charge in [-0.25, -0.2) is 4.98 Å². The number of rotatable bonds is 7. The van der Waals surface area contributed by atoms with Crippen LogP contribution in [0.2, 0.25) is 10.0 Å². The molecule has 0 bridgehead atoms. The summed E-state index contributed by atoms with van der Waals surface area (Å²) >= 11 is 13.3. The zero-order chi connectivity index (χ0) is 29.2. The number of benzene rings is 1. The Labute approximate surface area is 242 Å². The van der Waals surface area contributed by atoms with Gasteiger partial charge in [-0.05, 0) is 84.4 Å². The highest BCUT2D eigenvalue weighted by Gasteiger charge is 2.34. The van der Waals surface area contributed by atoms with Crippen molar-refractivity contribution in [1.82, 2.24) is 9.88 Å². The van der Waals surface area contributed by atoms with Crippen molar-refractivity contribution in [3.63, 3.8) is 0 Å². The van der Waals surface area contributed by atoms with Gasteiger partial charge in [0.05, 0.1) is 22.7 Å². The average molecular weight is 598 g/mol. The van der Waals surface area contributed by atoms with E-state index in [9.17, 15) is 22.8 Å². The predicted octanol–water partition coefficient (Wildman–Crippen LogP) is 8.04. The predicted molar refractivity (Wildman–Crippen MR) is 150 cm³/mol. The number of esters is 1. The first-order valence-electron chi connectivity index (χ1n) is 13.5. The van der Waals surface area contributed by atoms with Crippen LogP contribution in [0.15, 0.2) is 24.4 Å². The molecule has 0 unspecified atom stereocenters. The zero-order valence-corrected chi connectivity index (χ0v) is 24.3.